The fourth-order valence-corrected chi connectivity index (χ4v) is 4.11. The van der Waals surface area contributed by atoms with E-state index in [9.17, 15) is 9.18 Å². The van der Waals surface area contributed by atoms with Crippen molar-refractivity contribution in [2.45, 2.75) is 31.2 Å². The van der Waals surface area contributed by atoms with Gasteiger partial charge < -0.3 is 14.8 Å². The van der Waals surface area contributed by atoms with Crippen LogP contribution in [0.1, 0.15) is 36.8 Å². The lowest BCUT2D eigenvalue weighted by Crippen LogP contribution is -2.50. The van der Waals surface area contributed by atoms with E-state index in [1.807, 2.05) is 43.3 Å². The van der Waals surface area contributed by atoms with Crippen molar-refractivity contribution in [3.8, 4) is 5.75 Å². The number of ether oxygens (including phenoxy) is 2. The van der Waals surface area contributed by atoms with Crippen molar-refractivity contribution >= 4 is 16.7 Å². The standard InChI is InChI=1S/C25H26FNO3/c1-17(18-3-4-20-16-23(29-2)10-5-19(20)15-18)24(28)27-25(11-13-30-14-12-25)21-6-8-22(26)9-7-21/h3-10,15-17H,11-14H2,1-2H3,(H,27,28)/t17-/m0/s1. The van der Waals surface area contributed by atoms with Crippen molar-refractivity contribution in [1.29, 1.82) is 0 Å². The van der Waals surface area contributed by atoms with Crippen LogP contribution in [0.3, 0.4) is 0 Å². The molecular formula is C25H26FNO3. The molecule has 1 N–H and O–H groups in total. The van der Waals surface area contributed by atoms with Crippen LogP contribution in [0.4, 0.5) is 4.39 Å². The van der Waals surface area contributed by atoms with Crippen LogP contribution < -0.4 is 10.1 Å². The predicted octanol–water partition coefficient (Wildman–Crippen LogP) is 4.91. The Labute approximate surface area is 176 Å². The van der Waals surface area contributed by atoms with Gasteiger partial charge in [0.05, 0.1) is 18.6 Å². The van der Waals surface area contributed by atoms with Crippen LogP contribution in [-0.4, -0.2) is 26.2 Å². The van der Waals surface area contributed by atoms with Crippen LogP contribution in [-0.2, 0) is 15.1 Å². The van der Waals surface area contributed by atoms with Gasteiger partial charge in [-0.25, -0.2) is 4.39 Å². The third kappa shape index (κ3) is 4.03. The summed E-state index contributed by atoms with van der Waals surface area (Å²) in [6, 6.07) is 18.4. The number of methoxy groups -OCH3 is 1. The highest BCUT2D eigenvalue weighted by atomic mass is 19.1. The number of hydrogen-bond donors (Lipinski definition) is 1. The quantitative estimate of drug-likeness (QED) is 0.654. The molecule has 0 aliphatic carbocycles. The van der Waals surface area contributed by atoms with Crippen molar-refractivity contribution in [2.24, 2.45) is 0 Å². The van der Waals surface area contributed by atoms with Gasteiger partial charge in [0.1, 0.15) is 11.6 Å². The number of benzene rings is 3. The highest BCUT2D eigenvalue weighted by Gasteiger charge is 2.37. The molecule has 156 valence electrons. The molecule has 0 bridgehead atoms. The molecule has 0 radical (unpaired) electrons. The molecule has 3 aromatic rings. The number of fused-ring (bicyclic) bond motifs is 1. The maximum atomic E-state index is 13.4. The minimum Gasteiger partial charge on any atom is -0.497 e. The minimum atomic E-state index is -0.540. The van der Waals surface area contributed by atoms with Gasteiger partial charge in [-0.2, -0.15) is 0 Å². The summed E-state index contributed by atoms with van der Waals surface area (Å²) in [7, 11) is 1.65. The number of amides is 1. The Balaban J connectivity index is 1.59. The first-order valence-corrected chi connectivity index (χ1v) is 10.2. The van der Waals surface area contributed by atoms with E-state index in [2.05, 4.69) is 5.32 Å². The van der Waals surface area contributed by atoms with Gasteiger partial charge in [-0.15, -0.1) is 0 Å². The second kappa shape index (κ2) is 8.44. The highest BCUT2D eigenvalue weighted by Crippen LogP contribution is 2.34. The lowest BCUT2D eigenvalue weighted by Gasteiger charge is -2.39. The van der Waals surface area contributed by atoms with Crippen LogP contribution in [0, 0.1) is 5.82 Å². The molecule has 0 unspecified atom stereocenters. The van der Waals surface area contributed by atoms with Crippen LogP contribution in [0.2, 0.25) is 0 Å². The third-order valence-electron chi connectivity index (χ3n) is 6.07. The molecule has 1 saturated heterocycles. The SMILES string of the molecule is COc1ccc2cc([C@H](C)C(=O)NC3(c4ccc(F)cc4)CCOCC3)ccc2c1. The summed E-state index contributed by atoms with van der Waals surface area (Å²) >= 11 is 0. The molecule has 0 spiro atoms. The Bertz CT molecular complexity index is 1040. The normalized spacial score (nSPS) is 16.8. The zero-order chi connectivity index (χ0) is 21.1. The maximum Gasteiger partial charge on any atom is 0.227 e. The van der Waals surface area contributed by atoms with Crippen molar-refractivity contribution in [3.05, 3.63) is 77.6 Å². The Kier molecular flexibility index (Phi) is 5.73. The van der Waals surface area contributed by atoms with Crippen molar-refractivity contribution < 1.29 is 18.7 Å². The molecule has 0 aromatic heterocycles. The summed E-state index contributed by atoms with van der Waals surface area (Å²) < 4.78 is 24.3. The number of hydrogen-bond acceptors (Lipinski definition) is 3. The van der Waals surface area contributed by atoms with Gasteiger partial charge >= 0.3 is 0 Å². The molecule has 4 rings (SSSR count). The number of carbonyl (C=O) groups is 1. The number of halogens is 1. The van der Waals surface area contributed by atoms with Crippen LogP contribution in [0.15, 0.2) is 60.7 Å². The predicted molar refractivity (Wildman–Crippen MR) is 115 cm³/mol. The molecule has 1 amide bonds. The summed E-state index contributed by atoms with van der Waals surface area (Å²) in [4.78, 5) is 13.2. The molecule has 1 aliphatic heterocycles. The van der Waals surface area contributed by atoms with E-state index < -0.39 is 5.54 Å². The molecule has 3 aromatic carbocycles. The van der Waals surface area contributed by atoms with E-state index in [0.717, 1.165) is 27.6 Å². The van der Waals surface area contributed by atoms with Crippen molar-refractivity contribution in [1.82, 2.24) is 5.32 Å². The summed E-state index contributed by atoms with van der Waals surface area (Å²) in [6.07, 6.45) is 1.32. The van der Waals surface area contributed by atoms with Gasteiger partial charge in [0.15, 0.2) is 0 Å². The van der Waals surface area contributed by atoms with Crippen LogP contribution >= 0.6 is 0 Å². The second-order valence-electron chi connectivity index (χ2n) is 7.88. The molecule has 1 fully saturated rings. The van der Waals surface area contributed by atoms with Crippen molar-refractivity contribution in [2.75, 3.05) is 20.3 Å². The van der Waals surface area contributed by atoms with Gasteiger partial charge in [0, 0.05) is 13.2 Å². The molecule has 4 nitrogen and oxygen atoms in total. The molecule has 1 heterocycles. The number of carbonyl (C=O) groups excluding carboxylic acids is 1. The smallest absolute Gasteiger partial charge is 0.227 e. The lowest BCUT2D eigenvalue weighted by molar-refractivity contribution is -0.125. The van der Waals surface area contributed by atoms with Crippen LogP contribution in [0.5, 0.6) is 5.75 Å². The van der Waals surface area contributed by atoms with Gasteiger partial charge in [0.2, 0.25) is 5.91 Å². The Morgan fingerprint density at radius 3 is 2.40 bits per heavy atom. The average Bonchev–Trinajstić information content (AvgIpc) is 2.78. The van der Waals surface area contributed by atoms with E-state index in [4.69, 9.17) is 9.47 Å². The van der Waals surface area contributed by atoms with Gasteiger partial charge in [0.25, 0.3) is 0 Å². The Morgan fingerprint density at radius 2 is 1.70 bits per heavy atom. The van der Waals surface area contributed by atoms with E-state index in [1.165, 1.54) is 12.1 Å². The van der Waals surface area contributed by atoms with Crippen molar-refractivity contribution in [3.63, 3.8) is 0 Å². The zero-order valence-corrected chi connectivity index (χ0v) is 17.3. The highest BCUT2D eigenvalue weighted by molar-refractivity contribution is 5.88. The fourth-order valence-electron chi connectivity index (χ4n) is 4.11. The summed E-state index contributed by atoms with van der Waals surface area (Å²) in [5, 5.41) is 5.40. The van der Waals surface area contributed by atoms with E-state index in [1.54, 1.807) is 19.2 Å². The van der Waals surface area contributed by atoms with E-state index in [-0.39, 0.29) is 17.6 Å². The lowest BCUT2D eigenvalue weighted by atomic mass is 9.82. The summed E-state index contributed by atoms with van der Waals surface area (Å²) in [5.74, 6) is 0.154. The summed E-state index contributed by atoms with van der Waals surface area (Å²) in [5.41, 5.74) is 1.33. The number of nitrogens with one attached hydrogen (secondary N) is 1. The monoisotopic (exact) mass is 407 g/mol. The van der Waals surface area contributed by atoms with E-state index in [0.29, 0.717) is 26.1 Å². The molecule has 5 heteroatoms. The fraction of sp³-hybridized carbons (Fsp3) is 0.320. The largest absolute Gasteiger partial charge is 0.497 e. The maximum absolute atomic E-state index is 13.4. The average molecular weight is 407 g/mol. The van der Waals surface area contributed by atoms with E-state index >= 15 is 0 Å². The first kappa shape index (κ1) is 20.4. The summed E-state index contributed by atoms with van der Waals surface area (Å²) in [6.45, 7) is 3.03. The minimum absolute atomic E-state index is 0.0471. The Hall–Kier alpha value is -2.92. The first-order chi connectivity index (χ1) is 14.5. The van der Waals surface area contributed by atoms with Gasteiger partial charge in [-0.05, 0) is 65.9 Å². The molecule has 0 saturated carbocycles. The Morgan fingerprint density at radius 1 is 1.03 bits per heavy atom. The molecule has 1 atom stereocenters. The van der Waals surface area contributed by atoms with Gasteiger partial charge in [-0.3, -0.25) is 4.79 Å². The zero-order valence-electron chi connectivity index (χ0n) is 17.3. The second-order valence-corrected chi connectivity index (χ2v) is 7.88. The topological polar surface area (TPSA) is 47.6 Å². The number of rotatable bonds is 5. The van der Waals surface area contributed by atoms with Crippen LogP contribution in [0.25, 0.3) is 10.8 Å². The molecule has 1 aliphatic rings. The molecular weight excluding hydrogens is 381 g/mol. The first-order valence-electron chi connectivity index (χ1n) is 10.2. The third-order valence-corrected chi connectivity index (χ3v) is 6.07. The van der Waals surface area contributed by atoms with Gasteiger partial charge in [-0.1, -0.05) is 36.4 Å². The molecule has 30 heavy (non-hydrogen) atoms.